The zero-order valence-electron chi connectivity index (χ0n) is 11.8. The molecule has 1 amide bonds. The summed E-state index contributed by atoms with van der Waals surface area (Å²) in [5, 5.41) is 11.7. The lowest BCUT2D eigenvalue weighted by molar-refractivity contribution is -0.125. The van der Waals surface area contributed by atoms with E-state index >= 15 is 0 Å². The van der Waals surface area contributed by atoms with Crippen LogP contribution in [-0.4, -0.2) is 29.7 Å². The molecule has 1 aliphatic heterocycles. The Balaban J connectivity index is 1.73. The van der Waals surface area contributed by atoms with Crippen molar-refractivity contribution in [2.45, 2.75) is 6.10 Å². The number of halogens is 1. The summed E-state index contributed by atoms with van der Waals surface area (Å²) in [6, 6.07) is 11.3. The SMILES string of the molecule is O=C(O)c1cc(NC(=O)C2COc3ccccc3O2)ccc1Cl. The number of benzene rings is 2. The van der Waals surface area contributed by atoms with Crippen LogP contribution in [0.25, 0.3) is 0 Å². The molecule has 23 heavy (non-hydrogen) atoms. The summed E-state index contributed by atoms with van der Waals surface area (Å²) in [7, 11) is 0. The van der Waals surface area contributed by atoms with Gasteiger partial charge in [0.2, 0.25) is 6.10 Å². The van der Waals surface area contributed by atoms with Crippen LogP contribution in [-0.2, 0) is 4.79 Å². The molecule has 2 aromatic carbocycles. The van der Waals surface area contributed by atoms with Crippen LogP contribution in [0.2, 0.25) is 5.02 Å². The normalized spacial score (nSPS) is 15.8. The van der Waals surface area contributed by atoms with Gasteiger partial charge in [0.1, 0.15) is 6.61 Å². The number of carboxylic acid groups (broad SMARTS) is 1. The van der Waals surface area contributed by atoms with Crippen molar-refractivity contribution in [1.82, 2.24) is 0 Å². The molecule has 0 fully saturated rings. The first-order valence-electron chi connectivity index (χ1n) is 6.77. The fourth-order valence-corrected chi connectivity index (χ4v) is 2.34. The van der Waals surface area contributed by atoms with E-state index in [4.69, 9.17) is 26.2 Å². The molecule has 1 aliphatic rings. The van der Waals surface area contributed by atoms with Gasteiger partial charge < -0.3 is 19.9 Å². The Bertz CT molecular complexity index is 777. The van der Waals surface area contributed by atoms with Crippen molar-refractivity contribution in [3.63, 3.8) is 0 Å². The lowest BCUT2D eigenvalue weighted by Gasteiger charge is -2.25. The zero-order valence-corrected chi connectivity index (χ0v) is 12.5. The Kier molecular flexibility index (Phi) is 4.08. The summed E-state index contributed by atoms with van der Waals surface area (Å²) in [5.41, 5.74) is 0.231. The molecule has 1 atom stereocenters. The number of amides is 1. The van der Waals surface area contributed by atoms with E-state index in [1.165, 1.54) is 18.2 Å². The lowest BCUT2D eigenvalue weighted by Crippen LogP contribution is -2.40. The van der Waals surface area contributed by atoms with Crippen molar-refractivity contribution in [2.24, 2.45) is 0 Å². The van der Waals surface area contributed by atoms with Crippen LogP contribution in [0.4, 0.5) is 5.69 Å². The molecule has 0 bridgehead atoms. The second-order valence-corrected chi connectivity index (χ2v) is 5.26. The van der Waals surface area contributed by atoms with Crippen LogP contribution >= 0.6 is 11.6 Å². The number of hydrogen-bond donors (Lipinski definition) is 2. The Morgan fingerprint density at radius 1 is 1.17 bits per heavy atom. The second kappa shape index (κ2) is 6.18. The van der Waals surface area contributed by atoms with Crippen LogP contribution in [0.3, 0.4) is 0 Å². The van der Waals surface area contributed by atoms with E-state index in [-0.39, 0.29) is 17.2 Å². The molecule has 0 saturated carbocycles. The highest BCUT2D eigenvalue weighted by Crippen LogP contribution is 2.31. The predicted octanol–water partition coefficient (Wildman–Crippen LogP) is 2.82. The second-order valence-electron chi connectivity index (χ2n) is 4.85. The quantitative estimate of drug-likeness (QED) is 0.902. The van der Waals surface area contributed by atoms with Gasteiger partial charge in [0.05, 0.1) is 10.6 Å². The minimum absolute atomic E-state index is 0.0717. The molecule has 7 heteroatoms. The Hall–Kier alpha value is -2.73. The maximum Gasteiger partial charge on any atom is 0.337 e. The number of para-hydroxylation sites is 2. The van der Waals surface area contributed by atoms with Crippen molar-refractivity contribution in [1.29, 1.82) is 0 Å². The molecule has 0 saturated heterocycles. The molecule has 1 unspecified atom stereocenters. The number of carbonyl (C=O) groups is 2. The first kappa shape index (κ1) is 15.2. The van der Waals surface area contributed by atoms with Crippen molar-refractivity contribution in [3.8, 4) is 11.5 Å². The number of carboxylic acids is 1. The average molecular weight is 334 g/mol. The van der Waals surface area contributed by atoms with Crippen LogP contribution in [0, 0.1) is 0 Å². The fourth-order valence-electron chi connectivity index (χ4n) is 2.14. The number of rotatable bonds is 3. The molecule has 0 aromatic heterocycles. The highest BCUT2D eigenvalue weighted by atomic mass is 35.5. The standard InChI is InChI=1S/C16H12ClNO5/c17-11-6-5-9(7-10(11)16(20)21)18-15(19)14-8-22-12-3-1-2-4-13(12)23-14/h1-7,14H,8H2,(H,18,19)(H,20,21). The van der Waals surface area contributed by atoms with Gasteiger partial charge >= 0.3 is 5.97 Å². The van der Waals surface area contributed by atoms with E-state index < -0.39 is 18.0 Å². The molecular weight excluding hydrogens is 322 g/mol. The van der Waals surface area contributed by atoms with Gasteiger partial charge in [-0.3, -0.25) is 4.79 Å². The Morgan fingerprint density at radius 2 is 1.91 bits per heavy atom. The highest BCUT2D eigenvalue weighted by molar-refractivity contribution is 6.33. The van der Waals surface area contributed by atoms with Crippen LogP contribution in [0.5, 0.6) is 11.5 Å². The molecule has 6 nitrogen and oxygen atoms in total. The first-order chi connectivity index (χ1) is 11.0. The van der Waals surface area contributed by atoms with Crippen LogP contribution < -0.4 is 14.8 Å². The maximum absolute atomic E-state index is 12.2. The summed E-state index contributed by atoms with van der Waals surface area (Å²) < 4.78 is 11.1. The number of anilines is 1. The summed E-state index contributed by atoms with van der Waals surface area (Å²) in [4.78, 5) is 23.3. The highest BCUT2D eigenvalue weighted by Gasteiger charge is 2.27. The number of aromatic carboxylic acids is 1. The van der Waals surface area contributed by atoms with Gasteiger partial charge in [-0.1, -0.05) is 23.7 Å². The first-order valence-corrected chi connectivity index (χ1v) is 7.14. The summed E-state index contributed by atoms with van der Waals surface area (Å²) in [6.07, 6.45) is -0.825. The van der Waals surface area contributed by atoms with Gasteiger partial charge in [0.25, 0.3) is 5.91 Å². The average Bonchev–Trinajstić information content (AvgIpc) is 2.55. The smallest absolute Gasteiger partial charge is 0.337 e. The predicted molar refractivity (Wildman–Crippen MR) is 83.4 cm³/mol. The molecule has 0 radical (unpaired) electrons. The summed E-state index contributed by atoms with van der Waals surface area (Å²) in [6.45, 7) is 0.0717. The van der Waals surface area contributed by atoms with E-state index in [2.05, 4.69) is 5.32 Å². The number of carbonyl (C=O) groups excluding carboxylic acids is 1. The molecular formula is C16H12ClNO5. The molecule has 2 aromatic rings. The molecule has 118 valence electrons. The van der Waals surface area contributed by atoms with Gasteiger partial charge in [-0.2, -0.15) is 0 Å². The molecule has 1 heterocycles. The number of nitrogens with one attached hydrogen (secondary N) is 1. The largest absolute Gasteiger partial charge is 0.485 e. The third-order valence-electron chi connectivity index (χ3n) is 3.27. The Labute approximate surface area is 136 Å². The number of ether oxygens (including phenoxy) is 2. The molecule has 0 aliphatic carbocycles. The van der Waals surface area contributed by atoms with E-state index in [1.54, 1.807) is 18.2 Å². The third-order valence-corrected chi connectivity index (χ3v) is 3.59. The number of fused-ring (bicyclic) bond motifs is 1. The van der Waals surface area contributed by atoms with E-state index in [9.17, 15) is 9.59 Å². The van der Waals surface area contributed by atoms with Crippen molar-refractivity contribution >= 4 is 29.2 Å². The van der Waals surface area contributed by atoms with E-state index in [0.29, 0.717) is 17.2 Å². The molecule has 2 N–H and O–H groups in total. The summed E-state index contributed by atoms with van der Waals surface area (Å²) in [5.74, 6) is -0.534. The maximum atomic E-state index is 12.2. The van der Waals surface area contributed by atoms with Crippen molar-refractivity contribution in [3.05, 3.63) is 53.1 Å². The summed E-state index contributed by atoms with van der Waals surface area (Å²) >= 11 is 5.79. The molecule has 3 rings (SSSR count). The fraction of sp³-hybridized carbons (Fsp3) is 0.125. The van der Waals surface area contributed by atoms with Crippen molar-refractivity contribution < 1.29 is 24.2 Å². The van der Waals surface area contributed by atoms with Crippen molar-refractivity contribution in [2.75, 3.05) is 11.9 Å². The topological polar surface area (TPSA) is 84.9 Å². The minimum atomic E-state index is -1.17. The lowest BCUT2D eigenvalue weighted by atomic mass is 10.2. The zero-order chi connectivity index (χ0) is 16.4. The van der Waals surface area contributed by atoms with Gasteiger partial charge in [-0.05, 0) is 30.3 Å². The van der Waals surface area contributed by atoms with Gasteiger partial charge in [0.15, 0.2) is 11.5 Å². The van der Waals surface area contributed by atoms with Crippen LogP contribution in [0.15, 0.2) is 42.5 Å². The van der Waals surface area contributed by atoms with Gasteiger partial charge in [-0.25, -0.2) is 4.79 Å². The van der Waals surface area contributed by atoms with Gasteiger partial charge in [-0.15, -0.1) is 0 Å². The third kappa shape index (κ3) is 3.22. The molecule has 0 spiro atoms. The monoisotopic (exact) mass is 333 g/mol. The Morgan fingerprint density at radius 3 is 2.65 bits per heavy atom. The minimum Gasteiger partial charge on any atom is -0.485 e. The van der Waals surface area contributed by atoms with Gasteiger partial charge in [0, 0.05) is 5.69 Å². The number of hydrogen-bond acceptors (Lipinski definition) is 4. The van der Waals surface area contributed by atoms with E-state index in [0.717, 1.165) is 0 Å². The van der Waals surface area contributed by atoms with E-state index in [1.807, 2.05) is 6.07 Å². The van der Waals surface area contributed by atoms with Crippen LogP contribution in [0.1, 0.15) is 10.4 Å².